The fourth-order valence-corrected chi connectivity index (χ4v) is 0.891. The molecule has 0 aliphatic rings. The van der Waals surface area contributed by atoms with Gasteiger partial charge < -0.3 is 9.97 Å². The van der Waals surface area contributed by atoms with Crippen LogP contribution in [-0.4, -0.2) is 44.2 Å². The van der Waals surface area contributed by atoms with Crippen LogP contribution in [0.25, 0.3) is 0 Å². The molecule has 0 radical (unpaired) electrons. The Morgan fingerprint density at radius 2 is 1.45 bits per heavy atom. The largest absolute Gasteiger partial charge is 0.522 e. The molecule has 0 bridgehead atoms. The Hall–Kier alpha value is -2.21. The molecule has 0 aromatic carbocycles. The smallest absolute Gasteiger partial charge is 0.342 e. The summed E-state index contributed by atoms with van der Waals surface area (Å²) in [5.41, 5.74) is -5.53. The Morgan fingerprint density at radius 1 is 1.10 bits per heavy atom. The molecule has 2 aromatic rings. The topological polar surface area (TPSA) is 129 Å². The zero-order valence-corrected chi connectivity index (χ0v) is 10.2. The molecule has 12 heteroatoms. The number of H-pyrrole nitrogens is 2. The molecule has 110 valence electrons. The fraction of sp³-hybridized carbons (Fsp3) is 0.125. The number of alkyl halides is 3. The molecular weight excluding hydrogens is 305 g/mol. The highest BCUT2D eigenvalue weighted by Gasteiger charge is 2.44. The second-order valence-electron chi connectivity index (χ2n) is 3.13. The number of rotatable bonds is 2. The van der Waals surface area contributed by atoms with Gasteiger partial charge in [-0.1, -0.05) is 0 Å². The Morgan fingerprint density at radius 3 is 1.65 bits per heavy atom. The molecule has 0 atom stereocenters. The van der Waals surface area contributed by atoms with Crippen molar-refractivity contribution in [2.45, 2.75) is 5.51 Å². The van der Waals surface area contributed by atoms with Crippen molar-refractivity contribution in [1.29, 1.82) is 0 Å². The van der Waals surface area contributed by atoms with Gasteiger partial charge in [-0.2, -0.15) is 21.6 Å². The van der Waals surface area contributed by atoms with E-state index in [0.717, 1.165) is 0 Å². The van der Waals surface area contributed by atoms with Crippen LogP contribution in [0.1, 0.15) is 16.4 Å². The molecule has 0 aliphatic heterocycles. The summed E-state index contributed by atoms with van der Waals surface area (Å²) in [6.45, 7) is 0. The lowest BCUT2D eigenvalue weighted by molar-refractivity contribution is -0.0510. The van der Waals surface area contributed by atoms with E-state index in [0.29, 0.717) is 11.6 Å². The van der Waals surface area contributed by atoms with Crippen LogP contribution in [0.4, 0.5) is 13.2 Å². The van der Waals surface area contributed by atoms with E-state index in [1.165, 1.54) is 12.4 Å². The molecule has 2 heterocycles. The molecule has 0 aliphatic carbocycles. The summed E-state index contributed by atoms with van der Waals surface area (Å²) in [5.74, 6) is 0.361. The molecule has 0 spiro atoms. The summed E-state index contributed by atoms with van der Waals surface area (Å²) in [7, 11) is -5.84. The lowest BCUT2D eigenvalue weighted by Gasteiger charge is -1.97. The predicted octanol–water partition coefficient (Wildman–Crippen LogP) is 0.758. The third kappa shape index (κ3) is 4.17. The summed E-state index contributed by atoms with van der Waals surface area (Å²) in [6.07, 6.45) is 6.23. The Bertz CT molecular complexity index is 612. The maximum Gasteiger partial charge on any atom is 0.522 e. The number of carbonyl (C=O) groups excluding carboxylic acids is 1. The van der Waals surface area contributed by atoms with E-state index in [9.17, 15) is 18.0 Å². The van der Waals surface area contributed by atoms with Crippen molar-refractivity contribution in [2.75, 3.05) is 0 Å². The fourth-order valence-electron chi connectivity index (χ4n) is 0.891. The monoisotopic (exact) mass is 312 g/mol. The van der Waals surface area contributed by atoms with Gasteiger partial charge in [0, 0.05) is 24.8 Å². The molecular formula is C8H7F3N4O4S. The molecule has 2 aromatic heterocycles. The third-order valence-corrected chi connectivity index (χ3v) is 2.30. The van der Waals surface area contributed by atoms with Gasteiger partial charge in [0.15, 0.2) is 11.6 Å². The van der Waals surface area contributed by atoms with Crippen LogP contribution < -0.4 is 0 Å². The minimum absolute atomic E-state index is 0.231. The van der Waals surface area contributed by atoms with E-state index in [2.05, 4.69) is 19.9 Å². The first-order valence-electron chi connectivity index (χ1n) is 4.70. The van der Waals surface area contributed by atoms with E-state index in [4.69, 9.17) is 13.0 Å². The van der Waals surface area contributed by atoms with Gasteiger partial charge in [0.2, 0.25) is 0 Å². The highest BCUT2D eigenvalue weighted by atomic mass is 32.2. The molecule has 0 fully saturated rings. The number of imidazole rings is 2. The molecule has 0 amide bonds. The van der Waals surface area contributed by atoms with Crippen LogP contribution in [0.2, 0.25) is 0 Å². The van der Waals surface area contributed by atoms with Gasteiger partial charge in [0.25, 0.3) is 5.78 Å². The number of hydrogen-bond acceptors (Lipinski definition) is 5. The van der Waals surface area contributed by atoms with Gasteiger partial charge in [-0.3, -0.25) is 9.35 Å². The van der Waals surface area contributed by atoms with Crippen LogP contribution in [0.15, 0.2) is 24.8 Å². The molecule has 0 unspecified atom stereocenters. The normalized spacial score (nSPS) is 11.6. The number of nitrogens with one attached hydrogen (secondary N) is 2. The lowest BCUT2D eigenvalue weighted by atomic mass is 10.3. The first-order valence-corrected chi connectivity index (χ1v) is 6.14. The number of nitrogens with zero attached hydrogens (tertiary/aromatic N) is 2. The first-order chi connectivity index (χ1) is 9.13. The quantitative estimate of drug-likeness (QED) is 0.426. The van der Waals surface area contributed by atoms with Crippen LogP contribution in [0.5, 0.6) is 0 Å². The number of hydrogen-bond donors (Lipinski definition) is 3. The predicted molar refractivity (Wildman–Crippen MR) is 58.2 cm³/mol. The van der Waals surface area contributed by atoms with Crippen LogP contribution in [-0.2, 0) is 10.1 Å². The van der Waals surface area contributed by atoms with Gasteiger partial charge in [-0.15, -0.1) is 0 Å². The number of carbonyl (C=O) groups is 1. The maximum atomic E-state index is 11.4. The van der Waals surface area contributed by atoms with Crippen molar-refractivity contribution in [3.63, 3.8) is 0 Å². The summed E-state index contributed by atoms with van der Waals surface area (Å²) in [6, 6.07) is 0. The zero-order chi connectivity index (χ0) is 15.4. The lowest BCUT2D eigenvalue weighted by Crippen LogP contribution is -2.21. The summed E-state index contributed by atoms with van der Waals surface area (Å²) >= 11 is 0. The van der Waals surface area contributed by atoms with Crippen molar-refractivity contribution in [3.8, 4) is 0 Å². The van der Waals surface area contributed by atoms with E-state index < -0.39 is 15.6 Å². The second-order valence-corrected chi connectivity index (χ2v) is 4.54. The molecule has 2 rings (SSSR count). The van der Waals surface area contributed by atoms with Gasteiger partial charge in [0.1, 0.15) is 0 Å². The van der Waals surface area contributed by atoms with Crippen LogP contribution in [0, 0.1) is 0 Å². The molecule has 3 N–H and O–H groups in total. The van der Waals surface area contributed by atoms with E-state index in [1.807, 2.05) is 0 Å². The van der Waals surface area contributed by atoms with Gasteiger partial charge in [0.05, 0.1) is 0 Å². The maximum absolute atomic E-state index is 11.4. The summed E-state index contributed by atoms with van der Waals surface area (Å²) < 4.78 is 57.5. The Kier molecular flexibility index (Phi) is 4.62. The van der Waals surface area contributed by atoms with E-state index in [-0.39, 0.29) is 5.78 Å². The molecule has 8 nitrogen and oxygen atoms in total. The summed E-state index contributed by atoms with van der Waals surface area (Å²) in [4.78, 5) is 24.4. The molecule has 0 saturated carbocycles. The number of aromatic amines is 2. The second kappa shape index (κ2) is 5.83. The van der Waals surface area contributed by atoms with E-state index in [1.54, 1.807) is 12.4 Å². The SMILES string of the molecule is O=C(c1ncc[nH]1)c1ncc[nH]1.O=S(=O)(O)C(F)(F)F. The highest BCUT2D eigenvalue weighted by molar-refractivity contribution is 7.86. The average Bonchev–Trinajstić information content (AvgIpc) is 3.00. The number of aromatic nitrogens is 4. The van der Waals surface area contributed by atoms with Crippen molar-refractivity contribution >= 4 is 15.9 Å². The van der Waals surface area contributed by atoms with Gasteiger partial charge in [-0.05, 0) is 0 Å². The van der Waals surface area contributed by atoms with Crippen LogP contribution in [0.3, 0.4) is 0 Å². The Labute approximate surface area is 109 Å². The van der Waals surface area contributed by atoms with Crippen molar-refractivity contribution < 1.29 is 30.9 Å². The third-order valence-electron chi connectivity index (χ3n) is 1.72. The van der Waals surface area contributed by atoms with Gasteiger partial charge in [-0.25, -0.2) is 9.97 Å². The number of halogens is 3. The first kappa shape index (κ1) is 15.8. The Balaban J connectivity index is 0.000000221. The van der Waals surface area contributed by atoms with Crippen molar-refractivity contribution in [2.24, 2.45) is 0 Å². The average molecular weight is 312 g/mol. The number of ketones is 1. The van der Waals surface area contributed by atoms with Crippen molar-refractivity contribution in [1.82, 2.24) is 19.9 Å². The minimum Gasteiger partial charge on any atom is -0.342 e. The highest BCUT2D eigenvalue weighted by Crippen LogP contribution is 2.20. The van der Waals surface area contributed by atoms with Crippen LogP contribution >= 0.6 is 0 Å². The van der Waals surface area contributed by atoms with Crippen molar-refractivity contribution in [3.05, 3.63) is 36.4 Å². The molecule has 20 heavy (non-hydrogen) atoms. The standard InChI is InChI=1S/C7H6N4O.CHF3O3S/c12-5(6-8-1-2-9-6)7-10-3-4-11-7;2-1(3,4)8(5,6)7/h1-4H,(H,8,9)(H,10,11);(H,5,6,7). The summed E-state index contributed by atoms with van der Waals surface area (Å²) in [5, 5.41) is 0. The molecule has 0 saturated heterocycles. The minimum atomic E-state index is -5.84. The zero-order valence-electron chi connectivity index (χ0n) is 9.42. The van der Waals surface area contributed by atoms with E-state index >= 15 is 0 Å². The van der Waals surface area contributed by atoms with Gasteiger partial charge >= 0.3 is 15.6 Å².